The van der Waals surface area contributed by atoms with Gasteiger partial charge in [0.25, 0.3) is 0 Å². The molecule has 0 spiro atoms. The van der Waals surface area contributed by atoms with Crippen molar-refractivity contribution in [3.8, 4) is 0 Å². The largest absolute Gasteiger partial charge is 0.369 e. The standard InChI is InChI=1S/C16H29BrN2O2/c1-4-6-13(15(18)20)14(9-11(2)3)16(21)19-8-5-7-12(17)10-19/h11-14H,4-10H2,1-3H3,(H2,18,20). The average molecular weight is 361 g/mol. The summed E-state index contributed by atoms with van der Waals surface area (Å²) in [6.45, 7) is 7.75. The Morgan fingerprint density at radius 1 is 1.33 bits per heavy atom. The summed E-state index contributed by atoms with van der Waals surface area (Å²) in [5.74, 6) is -0.434. The van der Waals surface area contributed by atoms with E-state index < -0.39 is 0 Å². The molecule has 2 amide bonds. The summed E-state index contributed by atoms with van der Waals surface area (Å²) in [6.07, 6.45) is 4.42. The molecule has 0 aromatic heterocycles. The summed E-state index contributed by atoms with van der Waals surface area (Å²) < 4.78 is 0. The number of nitrogens with two attached hydrogens (primary N) is 1. The van der Waals surface area contributed by atoms with Crippen molar-refractivity contribution < 1.29 is 9.59 Å². The fraction of sp³-hybridized carbons (Fsp3) is 0.875. The van der Waals surface area contributed by atoms with E-state index in [4.69, 9.17) is 5.73 Å². The number of primary amides is 1. The predicted molar refractivity (Wildman–Crippen MR) is 89.1 cm³/mol. The van der Waals surface area contributed by atoms with Crippen LogP contribution in [0.4, 0.5) is 0 Å². The molecule has 122 valence electrons. The van der Waals surface area contributed by atoms with Gasteiger partial charge in [-0.25, -0.2) is 0 Å². The number of amides is 2. The van der Waals surface area contributed by atoms with Gasteiger partial charge in [-0.15, -0.1) is 0 Å². The fourth-order valence-corrected chi connectivity index (χ4v) is 3.83. The van der Waals surface area contributed by atoms with Crippen LogP contribution in [0.15, 0.2) is 0 Å². The van der Waals surface area contributed by atoms with Gasteiger partial charge in [-0.2, -0.15) is 0 Å². The maximum Gasteiger partial charge on any atom is 0.226 e. The summed E-state index contributed by atoms with van der Waals surface area (Å²) in [5, 5.41) is 0. The van der Waals surface area contributed by atoms with Crippen LogP contribution in [0.1, 0.15) is 52.9 Å². The number of carbonyl (C=O) groups excluding carboxylic acids is 2. The Morgan fingerprint density at radius 2 is 2.00 bits per heavy atom. The lowest BCUT2D eigenvalue weighted by Gasteiger charge is -2.35. The van der Waals surface area contributed by atoms with E-state index >= 15 is 0 Å². The highest BCUT2D eigenvalue weighted by molar-refractivity contribution is 9.09. The van der Waals surface area contributed by atoms with Crippen molar-refractivity contribution in [3.05, 3.63) is 0 Å². The molecular weight excluding hydrogens is 332 g/mol. The van der Waals surface area contributed by atoms with Gasteiger partial charge in [-0.3, -0.25) is 9.59 Å². The van der Waals surface area contributed by atoms with Crippen LogP contribution in [-0.4, -0.2) is 34.6 Å². The van der Waals surface area contributed by atoms with Gasteiger partial charge >= 0.3 is 0 Å². The third-order valence-electron chi connectivity index (χ3n) is 4.17. The maximum atomic E-state index is 12.9. The minimum atomic E-state index is -0.333. The molecule has 0 radical (unpaired) electrons. The van der Waals surface area contributed by atoms with Gasteiger partial charge in [-0.1, -0.05) is 43.1 Å². The molecule has 1 aliphatic heterocycles. The highest BCUT2D eigenvalue weighted by Gasteiger charge is 2.36. The Hall–Kier alpha value is -0.580. The zero-order valence-electron chi connectivity index (χ0n) is 13.5. The van der Waals surface area contributed by atoms with E-state index in [9.17, 15) is 9.59 Å². The Morgan fingerprint density at radius 3 is 2.48 bits per heavy atom. The number of piperidine rings is 1. The molecule has 1 aliphatic rings. The van der Waals surface area contributed by atoms with Crippen LogP contribution in [0.3, 0.4) is 0 Å². The number of carbonyl (C=O) groups is 2. The van der Waals surface area contributed by atoms with E-state index in [-0.39, 0.29) is 23.7 Å². The van der Waals surface area contributed by atoms with Crippen molar-refractivity contribution >= 4 is 27.7 Å². The normalized spacial score (nSPS) is 22.1. The molecule has 0 aromatic carbocycles. The summed E-state index contributed by atoms with van der Waals surface area (Å²) in [7, 11) is 0. The molecule has 0 aromatic rings. The molecule has 0 saturated carbocycles. The topological polar surface area (TPSA) is 63.4 Å². The first-order chi connectivity index (χ1) is 9.86. The second-order valence-electron chi connectivity index (χ2n) is 6.56. The van der Waals surface area contributed by atoms with Gasteiger partial charge in [0, 0.05) is 29.8 Å². The molecule has 0 bridgehead atoms. The Bertz CT molecular complexity index is 360. The van der Waals surface area contributed by atoms with Crippen LogP contribution in [0.5, 0.6) is 0 Å². The summed E-state index contributed by atoms with van der Waals surface area (Å²) in [4.78, 5) is 27.0. The van der Waals surface area contributed by atoms with Crippen molar-refractivity contribution in [2.45, 2.75) is 57.7 Å². The number of likely N-dealkylation sites (tertiary alicyclic amines) is 1. The van der Waals surface area contributed by atoms with Gasteiger partial charge in [-0.05, 0) is 31.6 Å². The van der Waals surface area contributed by atoms with Crippen LogP contribution >= 0.6 is 15.9 Å². The first-order valence-electron chi connectivity index (χ1n) is 8.08. The molecule has 0 aliphatic carbocycles. The van der Waals surface area contributed by atoms with Gasteiger partial charge in [0.15, 0.2) is 0 Å². The zero-order chi connectivity index (χ0) is 16.0. The fourth-order valence-electron chi connectivity index (χ4n) is 3.16. The number of nitrogens with zero attached hydrogens (tertiary/aromatic N) is 1. The van der Waals surface area contributed by atoms with E-state index in [2.05, 4.69) is 29.8 Å². The minimum absolute atomic E-state index is 0.116. The first-order valence-corrected chi connectivity index (χ1v) is 9.00. The molecule has 2 N–H and O–H groups in total. The maximum absolute atomic E-state index is 12.9. The van der Waals surface area contributed by atoms with Crippen LogP contribution in [-0.2, 0) is 9.59 Å². The average Bonchev–Trinajstić information content (AvgIpc) is 2.41. The lowest BCUT2D eigenvalue weighted by Crippen LogP contribution is -2.47. The molecule has 3 atom stereocenters. The second kappa shape index (κ2) is 8.76. The number of halogens is 1. The number of rotatable bonds is 7. The first kappa shape index (κ1) is 18.5. The van der Waals surface area contributed by atoms with E-state index in [1.165, 1.54) is 0 Å². The van der Waals surface area contributed by atoms with Gasteiger partial charge in [0.2, 0.25) is 11.8 Å². The Balaban J connectivity index is 2.88. The monoisotopic (exact) mass is 360 g/mol. The van der Waals surface area contributed by atoms with Crippen LogP contribution in [0.2, 0.25) is 0 Å². The van der Waals surface area contributed by atoms with Crippen molar-refractivity contribution in [1.29, 1.82) is 0 Å². The number of hydrogen-bond acceptors (Lipinski definition) is 2. The van der Waals surface area contributed by atoms with E-state index in [1.807, 2.05) is 11.8 Å². The summed E-state index contributed by atoms with van der Waals surface area (Å²) in [6, 6.07) is 0. The smallest absolute Gasteiger partial charge is 0.226 e. The Kier molecular flexibility index (Phi) is 7.71. The van der Waals surface area contributed by atoms with Crippen LogP contribution in [0.25, 0.3) is 0 Å². The molecule has 1 heterocycles. The van der Waals surface area contributed by atoms with Crippen molar-refractivity contribution in [2.75, 3.05) is 13.1 Å². The third-order valence-corrected chi connectivity index (χ3v) is 4.92. The predicted octanol–water partition coefficient (Wildman–Crippen LogP) is 2.94. The molecule has 1 rings (SSSR count). The molecule has 4 nitrogen and oxygen atoms in total. The number of hydrogen-bond donors (Lipinski definition) is 1. The molecule has 1 fully saturated rings. The highest BCUT2D eigenvalue weighted by Crippen LogP contribution is 2.28. The SMILES string of the molecule is CCCC(C(N)=O)C(CC(C)C)C(=O)N1CCCC(Br)C1. The van der Waals surface area contributed by atoms with E-state index in [0.29, 0.717) is 17.2 Å². The van der Waals surface area contributed by atoms with Crippen molar-refractivity contribution in [2.24, 2.45) is 23.5 Å². The minimum Gasteiger partial charge on any atom is -0.369 e. The van der Waals surface area contributed by atoms with Crippen LogP contribution in [0, 0.1) is 17.8 Å². The zero-order valence-corrected chi connectivity index (χ0v) is 15.1. The molecule has 5 heteroatoms. The Labute approximate surface area is 136 Å². The lowest BCUT2D eigenvalue weighted by atomic mass is 9.81. The molecule has 1 saturated heterocycles. The second-order valence-corrected chi connectivity index (χ2v) is 7.85. The summed E-state index contributed by atoms with van der Waals surface area (Å²) >= 11 is 3.61. The van der Waals surface area contributed by atoms with Gasteiger partial charge in [0.1, 0.15) is 0 Å². The van der Waals surface area contributed by atoms with Crippen molar-refractivity contribution in [1.82, 2.24) is 4.90 Å². The van der Waals surface area contributed by atoms with E-state index in [1.54, 1.807) is 0 Å². The van der Waals surface area contributed by atoms with Gasteiger partial charge in [0.05, 0.1) is 0 Å². The quantitative estimate of drug-likeness (QED) is 0.709. The third kappa shape index (κ3) is 5.61. The van der Waals surface area contributed by atoms with Gasteiger partial charge < -0.3 is 10.6 Å². The molecule has 3 unspecified atom stereocenters. The molecule has 21 heavy (non-hydrogen) atoms. The lowest BCUT2D eigenvalue weighted by molar-refractivity contribution is -0.142. The van der Waals surface area contributed by atoms with E-state index in [0.717, 1.165) is 38.8 Å². The number of alkyl halides is 1. The summed E-state index contributed by atoms with van der Waals surface area (Å²) in [5.41, 5.74) is 5.58. The van der Waals surface area contributed by atoms with Crippen molar-refractivity contribution in [3.63, 3.8) is 0 Å². The van der Waals surface area contributed by atoms with Crippen LogP contribution < -0.4 is 5.73 Å². The molecular formula is C16H29BrN2O2. The highest BCUT2D eigenvalue weighted by atomic mass is 79.9.